The van der Waals surface area contributed by atoms with Gasteiger partial charge >= 0.3 is 11.9 Å². The van der Waals surface area contributed by atoms with Crippen LogP contribution in [0.25, 0.3) is 6.08 Å². The monoisotopic (exact) mass is 276 g/mol. The molecule has 0 bridgehead atoms. The summed E-state index contributed by atoms with van der Waals surface area (Å²) in [6, 6.07) is 4.52. The van der Waals surface area contributed by atoms with Gasteiger partial charge in [-0.15, -0.1) is 0 Å². The summed E-state index contributed by atoms with van der Waals surface area (Å²) < 4.78 is 5.23. The third-order valence-electron chi connectivity index (χ3n) is 2.78. The maximum absolute atomic E-state index is 12.0. The van der Waals surface area contributed by atoms with Gasteiger partial charge in [0.25, 0.3) is 0 Å². The zero-order valence-electron chi connectivity index (χ0n) is 12.3. The Bertz CT molecular complexity index is 539. The van der Waals surface area contributed by atoms with E-state index in [0.717, 1.165) is 5.57 Å². The number of hydrogen-bond acceptors (Lipinski definition) is 3. The molecule has 0 spiro atoms. The minimum Gasteiger partial charge on any atom is -0.478 e. The first-order chi connectivity index (χ1) is 9.33. The zero-order chi connectivity index (χ0) is 15.3. The standard InChI is InChI=1S/C16H20O4/c1-5-11(4)20-16(19)14-8-12(6-10(2)3)7-13(9-14)15(17)18/h6-9,11H,5H2,1-4H3,(H,17,18). The second-order valence-electron chi connectivity index (χ2n) is 4.99. The van der Waals surface area contributed by atoms with E-state index in [1.165, 1.54) is 12.1 Å². The van der Waals surface area contributed by atoms with E-state index in [0.29, 0.717) is 12.0 Å². The van der Waals surface area contributed by atoms with Crippen LogP contribution in [0.5, 0.6) is 0 Å². The van der Waals surface area contributed by atoms with Crippen molar-refractivity contribution in [1.82, 2.24) is 0 Å². The number of carboxylic acid groups (broad SMARTS) is 1. The minimum absolute atomic E-state index is 0.0797. The van der Waals surface area contributed by atoms with Crippen molar-refractivity contribution in [2.45, 2.75) is 40.2 Å². The van der Waals surface area contributed by atoms with Gasteiger partial charge in [-0.3, -0.25) is 0 Å². The lowest BCUT2D eigenvalue weighted by Gasteiger charge is -2.11. The SMILES string of the molecule is CCC(C)OC(=O)c1cc(C=C(C)C)cc(C(=O)O)c1. The average molecular weight is 276 g/mol. The van der Waals surface area contributed by atoms with Crippen molar-refractivity contribution in [3.05, 3.63) is 40.5 Å². The van der Waals surface area contributed by atoms with Gasteiger partial charge in [-0.2, -0.15) is 0 Å². The van der Waals surface area contributed by atoms with Crippen LogP contribution in [0.2, 0.25) is 0 Å². The Labute approximate surface area is 119 Å². The molecule has 0 saturated heterocycles. The Hall–Kier alpha value is -2.10. The molecule has 0 aliphatic rings. The molecule has 1 rings (SSSR count). The van der Waals surface area contributed by atoms with Crippen LogP contribution in [0, 0.1) is 0 Å². The van der Waals surface area contributed by atoms with Crippen molar-refractivity contribution in [3.63, 3.8) is 0 Å². The van der Waals surface area contributed by atoms with Gasteiger partial charge in [0.2, 0.25) is 0 Å². The molecule has 0 aliphatic heterocycles. The van der Waals surface area contributed by atoms with Gasteiger partial charge in [0.1, 0.15) is 0 Å². The molecule has 0 fully saturated rings. The predicted molar refractivity (Wildman–Crippen MR) is 77.9 cm³/mol. The molecule has 1 aromatic carbocycles. The third kappa shape index (κ3) is 4.53. The molecule has 0 heterocycles. The van der Waals surface area contributed by atoms with E-state index in [9.17, 15) is 9.59 Å². The summed E-state index contributed by atoms with van der Waals surface area (Å²) in [5.41, 5.74) is 2.04. The van der Waals surface area contributed by atoms with Gasteiger partial charge in [0.05, 0.1) is 17.2 Å². The normalized spacial score (nSPS) is 11.6. The highest BCUT2D eigenvalue weighted by Gasteiger charge is 2.14. The summed E-state index contributed by atoms with van der Waals surface area (Å²) in [5.74, 6) is -1.56. The molecule has 4 heteroatoms. The number of rotatable bonds is 5. The van der Waals surface area contributed by atoms with Gasteiger partial charge in [0, 0.05) is 0 Å². The Morgan fingerprint density at radius 2 is 1.85 bits per heavy atom. The van der Waals surface area contributed by atoms with E-state index in [2.05, 4.69) is 0 Å². The fourth-order valence-corrected chi connectivity index (χ4v) is 1.64. The van der Waals surface area contributed by atoms with E-state index in [4.69, 9.17) is 9.84 Å². The molecule has 1 N–H and O–H groups in total. The summed E-state index contributed by atoms with van der Waals surface area (Å²) in [7, 11) is 0. The van der Waals surface area contributed by atoms with Crippen molar-refractivity contribution >= 4 is 18.0 Å². The van der Waals surface area contributed by atoms with Crippen LogP contribution in [0.4, 0.5) is 0 Å². The quantitative estimate of drug-likeness (QED) is 0.832. The summed E-state index contributed by atoms with van der Waals surface area (Å²) in [4.78, 5) is 23.1. The average Bonchev–Trinajstić information content (AvgIpc) is 2.37. The van der Waals surface area contributed by atoms with E-state index in [1.54, 1.807) is 13.0 Å². The number of aromatic carboxylic acids is 1. The first-order valence-electron chi connectivity index (χ1n) is 6.57. The molecule has 0 saturated carbocycles. The molecule has 108 valence electrons. The lowest BCUT2D eigenvalue weighted by atomic mass is 10.0. The van der Waals surface area contributed by atoms with E-state index >= 15 is 0 Å². The number of hydrogen-bond donors (Lipinski definition) is 1. The predicted octanol–water partition coefficient (Wildman–Crippen LogP) is 3.76. The number of ether oxygens (including phenoxy) is 1. The third-order valence-corrected chi connectivity index (χ3v) is 2.78. The summed E-state index contributed by atoms with van der Waals surface area (Å²) >= 11 is 0. The van der Waals surface area contributed by atoms with E-state index in [1.807, 2.05) is 26.8 Å². The molecule has 1 aromatic rings. The van der Waals surface area contributed by atoms with Gasteiger partial charge in [0.15, 0.2) is 0 Å². The first kappa shape index (κ1) is 16.0. The van der Waals surface area contributed by atoms with Gasteiger partial charge in [-0.25, -0.2) is 9.59 Å². The summed E-state index contributed by atoms with van der Waals surface area (Å²) in [5, 5.41) is 9.10. The van der Waals surface area contributed by atoms with Crippen LogP contribution in [0.1, 0.15) is 60.4 Å². The molecule has 0 radical (unpaired) electrons. The summed E-state index contributed by atoms with van der Waals surface area (Å²) in [6.07, 6.45) is 2.35. The van der Waals surface area contributed by atoms with E-state index in [-0.39, 0.29) is 17.2 Å². The maximum Gasteiger partial charge on any atom is 0.338 e. The Morgan fingerprint density at radius 1 is 1.25 bits per heavy atom. The number of allylic oxidation sites excluding steroid dienone is 1. The Morgan fingerprint density at radius 3 is 2.35 bits per heavy atom. The van der Waals surface area contributed by atoms with Crippen LogP contribution in [-0.2, 0) is 4.74 Å². The molecular weight excluding hydrogens is 256 g/mol. The van der Waals surface area contributed by atoms with Gasteiger partial charge < -0.3 is 9.84 Å². The molecular formula is C16H20O4. The van der Waals surface area contributed by atoms with Crippen LogP contribution in [-0.4, -0.2) is 23.1 Å². The number of carboxylic acids is 1. The van der Waals surface area contributed by atoms with Crippen molar-refractivity contribution in [3.8, 4) is 0 Å². The Kier molecular flexibility index (Phi) is 5.50. The largest absolute Gasteiger partial charge is 0.478 e. The fraction of sp³-hybridized carbons (Fsp3) is 0.375. The highest BCUT2D eigenvalue weighted by Crippen LogP contribution is 2.16. The second-order valence-corrected chi connectivity index (χ2v) is 4.99. The fourth-order valence-electron chi connectivity index (χ4n) is 1.64. The molecule has 20 heavy (non-hydrogen) atoms. The minimum atomic E-state index is -1.06. The second kappa shape index (κ2) is 6.89. The highest BCUT2D eigenvalue weighted by molar-refractivity contribution is 5.95. The van der Waals surface area contributed by atoms with Crippen LogP contribution in [0.15, 0.2) is 23.8 Å². The lowest BCUT2D eigenvalue weighted by molar-refractivity contribution is 0.0334. The molecule has 1 unspecified atom stereocenters. The highest BCUT2D eigenvalue weighted by atomic mass is 16.5. The van der Waals surface area contributed by atoms with Crippen LogP contribution >= 0.6 is 0 Å². The maximum atomic E-state index is 12.0. The number of esters is 1. The first-order valence-corrected chi connectivity index (χ1v) is 6.57. The lowest BCUT2D eigenvalue weighted by Crippen LogP contribution is -2.14. The molecule has 0 aromatic heterocycles. The van der Waals surface area contributed by atoms with Crippen molar-refractivity contribution in [2.75, 3.05) is 0 Å². The van der Waals surface area contributed by atoms with Gasteiger partial charge in [-0.05, 0) is 51.0 Å². The van der Waals surface area contributed by atoms with Gasteiger partial charge in [-0.1, -0.05) is 18.6 Å². The zero-order valence-corrected chi connectivity index (χ0v) is 12.3. The number of benzene rings is 1. The molecule has 4 nitrogen and oxygen atoms in total. The topological polar surface area (TPSA) is 63.6 Å². The van der Waals surface area contributed by atoms with Crippen molar-refractivity contribution < 1.29 is 19.4 Å². The van der Waals surface area contributed by atoms with Crippen LogP contribution in [0.3, 0.4) is 0 Å². The molecule has 0 aliphatic carbocycles. The van der Waals surface area contributed by atoms with Crippen molar-refractivity contribution in [2.24, 2.45) is 0 Å². The smallest absolute Gasteiger partial charge is 0.338 e. The molecule has 0 amide bonds. The number of carbonyl (C=O) groups is 2. The summed E-state index contributed by atoms with van der Waals surface area (Å²) in [6.45, 7) is 7.53. The van der Waals surface area contributed by atoms with Crippen molar-refractivity contribution in [1.29, 1.82) is 0 Å². The number of carbonyl (C=O) groups excluding carboxylic acids is 1. The van der Waals surface area contributed by atoms with E-state index < -0.39 is 11.9 Å². The molecule has 1 atom stereocenters. The van der Waals surface area contributed by atoms with Crippen LogP contribution < -0.4 is 0 Å². The Balaban J connectivity index is 3.18.